The summed E-state index contributed by atoms with van der Waals surface area (Å²) in [6, 6.07) is 21.9. The summed E-state index contributed by atoms with van der Waals surface area (Å²) in [6.07, 6.45) is -8.92. The van der Waals surface area contributed by atoms with E-state index in [2.05, 4.69) is 9.80 Å². The monoisotopic (exact) mass is 730 g/mol. The van der Waals surface area contributed by atoms with Crippen LogP contribution in [0.1, 0.15) is 34.1 Å². The van der Waals surface area contributed by atoms with Crippen LogP contribution in [0.2, 0.25) is 0 Å². The highest BCUT2D eigenvalue weighted by molar-refractivity contribution is 5.92. The second-order valence-electron chi connectivity index (χ2n) is 13.3. The first-order chi connectivity index (χ1) is 24.7. The van der Waals surface area contributed by atoms with Gasteiger partial charge in [-0.2, -0.15) is 26.3 Å². The number of benzene rings is 4. The van der Waals surface area contributed by atoms with Gasteiger partial charge in [-0.25, -0.2) is 8.78 Å². The molecule has 2 heterocycles. The summed E-state index contributed by atoms with van der Waals surface area (Å²) >= 11 is 0. The number of nitrogens with zero attached hydrogens (tertiary/aromatic N) is 4. The van der Waals surface area contributed by atoms with Gasteiger partial charge in [-0.15, -0.1) is 0 Å². The summed E-state index contributed by atoms with van der Waals surface area (Å²) in [6.45, 7) is 4.18. The van der Waals surface area contributed by atoms with Crippen LogP contribution in [0.3, 0.4) is 0 Å². The molecule has 2 fully saturated rings. The number of ketones is 1. The zero-order chi connectivity index (χ0) is 37.0. The lowest BCUT2D eigenvalue weighted by Crippen LogP contribution is -2.50. The second-order valence-corrected chi connectivity index (χ2v) is 13.3. The third-order valence-electron chi connectivity index (χ3n) is 9.94. The summed E-state index contributed by atoms with van der Waals surface area (Å²) in [5, 5.41) is 0. The van der Waals surface area contributed by atoms with E-state index in [1.165, 1.54) is 36.4 Å². The lowest BCUT2D eigenvalue weighted by atomic mass is 9.82. The molecule has 4 aromatic rings. The van der Waals surface area contributed by atoms with Gasteiger partial charge in [0, 0.05) is 76.8 Å². The standard InChI is InChI=1S/C39H38F8N4O/c40-31-11-7-27(8-12-31)35(25-48-15-19-50(20-16-48)33-5-1-3-29(23-33)38(42,43)44)37(52)36(28-9-13-32(41)14-10-28)26-49-17-21-51(22-18-49)34-6-2-4-30(24-34)39(45,46)47/h1-14,23-24,35-36H,15-22,25-26H2. The Labute approximate surface area is 297 Å². The number of rotatable bonds is 10. The Morgan fingerprint density at radius 2 is 0.865 bits per heavy atom. The highest BCUT2D eigenvalue weighted by Crippen LogP contribution is 2.34. The SMILES string of the molecule is O=C(C(CN1CCN(c2cccc(C(F)(F)F)c2)CC1)c1ccc(F)cc1)C(CN1CCN(c2cccc(C(F)(F)F)c2)CC1)c1ccc(F)cc1. The van der Waals surface area contributed by atoms with E-state index < -0.39 is 46.9 Å². The third kappa shape index (κ3) is 9.11. The van der Waals surface area contributed by atoms with E-state index >= 15 is 0 Å². The highest BCUT2D eigenvalue weighted by Gasteiger charge is 2.35. The van der Waals surface area contributed by atoms with Gasteiger partial charge in [0.15, 0.2) is 0 Å². The molecule has 0 amide bonds. The molecule has 2 unspecified atom stereocenters. The Balaban J connectivity index is 1.19. The van der Waals surface area contributed by atoms with Gasteiger partial charge in [0.25, 0.3) is 0 Å². The minimum absolute atomic E-state index is 0.154. The van der Waals surface area contributed by atoms with Crippen molar-refractivity contribution in [2.24, 2.45) is 0 Å². The van der Waals surface area contributed by atoms with Crippen LogP contribution in [0.4, 0.5) is 46.5 Å². The maximum Gasteiger partial charge on any atom is 0.416 e. The van der Waals surface area contributed by atoms with Crippen molar-refractivity contribution < 1.29 is 39.9 Å². The fourth-order valence-corrected chi connectivity index (χ4v) is 7.00. The van der Waals surface area contributed by atoms with Crippen molar-refractivity contribution in [2.75, 3.05) is 75.2 Å². The number of alkyl halides is 6. The average molecular weight is 731 g/mol. The Morgan fingerprint density at radius 3 is 1.19 bits per heavy atom. The van der Waals surface area contributed by atoms with Crippen molar-refractivity contribution in [3.8, 4) is 0 Å². The van der Waals surface area contributed by atoms with E-state index in [0.29, 0.717) is 74.9 Å². The van der Waals surface area contributed by atoms with E-state index in [-0.39, 0.29) is 18.9 Å². The molecule has 0 saturated carbocycles. The summed E-state index contributed by atoms with van der Waals surface area (Å²) in [7, 11) is 0. The Bertz CT molecular complexity index is 1670. The summed E-state index contributed by atoms with van der Waals surface area (Å²) in [4.78, 5) is 22.6. The van der Waals surface area contributed by atoms with Gasteiger partial charge in [-0.3, -0.25) is 14.6 Å². The average Bonchev–Trinajstić information content (AvgIpc) is 3.13. The largest absolute Gasteiger partial charge is 0.416 e. The maximum absolute atomic E-state index is 14.7. The summed E-state index contributed by atoms with van der Waals surface area (Å²) < 4.78 is 108. The molecule has 0 aliphatic carbocycles. The number of halogens is 8. The van der Waals surface area contributed by atoms with E-state index in [1.807, 2.05) is 9.80 Å². The number of carbonyl (C=O) groups is 1. The van der Waals surface area contributed by atoms with Gasteiger partial charge in [-0.05, 0) is 71.8 Å². The van der Waals surface area contributed by atoms with Crippen molar-refractivity contribution >= 4 is 17.2 Å². The summed E-state index contributed by atoms with van der Waals surface area (Å²) in [5.74, 6) is -2.49. The van der Waals surface area contributed by atoms with Crippen LogP contribution >= 0.6 is 0 Å². The highest BCUT2D eigenvalue weighted by atomic mass is 19.4. The van der Waals surface area contributed by atoms with E-state index in [1.54, 1.807) is 36.4 Å². The van der Waals surface area contributed by atoms with Crippen LogP contribution < -0.4 is 9.80 Å². The number of hydrogen-bond donors (Lipinski definition) is 0. The minimum Gasteiger partial charge on any atom is -0.369 e. The number of anilines is 2. The van der Waals surface area contributed by atoms with Crippen molar-refractivity contribution in [1.29, 1.82) is 0 Å². The van der Waals surface area contributed by atoms with Gasteiger partial charge < -0.3 is 9.80 Å². The van der Waals surface area contributed by atoms with Crippen LogP contribution in [-0.4, -0.2) is 81.0 Å². The molecule has 52 heavy (non-hydrogen) atoms. The van der Waals surface area contributed by atoms with Crippen LogP contribution in [0.25, 0.3) is 0 Å². The number of piperazine rings is 2. The van der Waals surface area contributed by atoms with Crippen LogP contribution in [0.5, 0.6) is 0 Å². The predicted molar refractivity (Wildman–Crippen MR) is 183 cm³/mol. The molecule has 0 spiro atoms. The first-order valence-electron chi connectivity index (χ1n) is 17.1. The summed E-state index contributed by atoms with van der Waals surface area (Å²) in [5.41, 5.74) is 0.688. The van der Waals surface area contributed by atoms with E-state index in [0.717, 1.165) is 24.3 Å². The van der Waals surface area contributed by atoms with Gasteiger partial charge >= 0.3 is 12.4 Å². The molecule has 2 aliphatic heterocycles. The maximum atomic E-state index is 14.7. The minimum atomic E-state index is -4.46. The molecule has 0 radical (unpaired) electrons. The van der Waals surface area contributed by atoms with Crippen molar-refractivity contribution in [3.05, 3.63) is 131 Å². The number of carbonyl (C=O) groups excluding carboxylic acids is 1. The third-order valence-corrected chi connectivity index (χ3v) is 9.94. The van der Waals surface area contributed by atoms with Crippen LogP contribution in [0, 0.1) is 11.6 Å². The van der Waals surface area contributed by atoms with Crippen molar-refractivity contribution in [1.82, 2.24) is 9.80 Å². The lowest BCUT2D eigenvalue weighted by Gasteiger charge is -2.39. The zero-order valence-corrected chi connectivity index (χ0v) is 28.2. The molecule has 2 aliphatic rings. The van der Waals surface area contributed by atoms with Crippen molar-refractivity contribution in [2.45, 2.75) is 24.2 Å². The smallest absolute Gasteiger partial charge is 0.369 e. The van der Waals surface area contributed by atoms with Gasteiger partial charge in [0.05, 0.1) is 23.0 Å². The first-order valence-corrected chi connectivity index (χ1v) is 17.1. The second kappa shape index (κ2) is 15.6. The Morgan fingerprint density at radius 1 is 0.519 bits per heavy atom. The molecular formula is C39H38F8N4O. The quantitative estimate of drug-likeness (QED) is 0.154. The normalized spacial score (nSPS) is 17.6. The molecule has 2 saturated heterocycles. The Kier molecular flexibility index (Phi) is 11.2. The fourth-order valence-electron chi connectivity index (χ4n) is 7.00. The van der Waals surface area contributed by atoms with Crippen LogP contribution in [0.15, 0.2) is 97.1 Å². The van der Waals surface area contributed by atoms with Gasteiger partial charge in [-0.1, -0.05) is 36.4 Å². The lowest BCUT2D eigenvalue weighted by molar-refractivity contribution is -0.138. The van der Waals surface area contributed by atoms with Crippen molar-refractivity contribution in [3.63, 3.8) is 0 Å². The van der Waals surface area contributed by atoms with E-state index in [4.69, 9.17) is 0 Å². The number of Topliss-reactive ketones (excluding diaryl/α,β-unsaturated/α-hetero) is 1. The van der Waals surface area contributed by atoms with Gasteiger partial charge in [0.1, 0.15) is 17.4 Å². The molecular weight excluding hydrogens is 692 g/mol. The zero-order valence-electron chi connectivity index (χ0n) is 28.2. The molecule has 0 bridgehead atoms. The molecule has 276 valence electrons. The number of hydrogen-bond acceptors (Lipinski definition) is 5. The molecule has 2 atom stereocenters. The fraction of sp³-hybridized carbons (Fsp3) is 0.359. The molecule has 0 aromatic heterocycles. The topological polar surface area (TPSA) is 30.0 Å². The van der Waals surface area contributed by atoms with Crippen LogP contribution in [-0.2, 0) is 17.1 Å². The Hall–Kier alpha value is -4.49. The molecule has 0 N–H and O–H groups in total. The van der Waals surface area contributed by atoms with E-state index in [9.17, 15) is 39.9 Å². The predicted octanol–water partition coefficient (Wildman–Crippen LogP) is 8.08. The molecule has 6 rings (SSSR count). The van der Waals surface area contributed by atoms with Gasteiger partial charge in [0.2, 0.25) is 0 Å². The molecule has 4 aromatic carbocycles. The first kappa shape index (κ1) is 37.3. The molecule has 5 nitrogen and oxygen atoms in total. The molecule has 13 heteroatoms.